The summed E-state index contributed by atoms with van der Waals surface area (Å²) in [6.07, 6.45) is 0.341. The highest BCUT2D eigenvalue weighted by molar-refractivity contribution is 7.95. The molecule has 1 atom stereocenters. The molecule has 0 unspecified atom stereocenters. The van der Waals surface area contributed by atoms with Gasteiger partial charge in [-0.1, -0.05) is 18.2 Å². The molecule has 162 valence electrons. The summed E-state index contributed by atoms with van der Waals surface area (Å²) in [7, 11) is -3.74. The quantitative estimate of drug-likeness (QED) is 0.295. The summed E-state index contributed by atoms with van der Waals surface area (Å²) in [6.45, 7) is -2.49. The zero-order valence-electron chi connectivity index (χ0n) is 15.5. The van der Waals surface area contributed by atoms with E-state index < -0.39 is 66.1 Å². The molecule has 1 heterocycles. The second-order valence-corrected chi connectivity index (χ2v) is 7.97. The molecule has 0 saturated carbocycles. The van der Waals surface area contributed by atoms with E-state index in [9.17, 15) is 27.6 Å². The maximum Gasteiger partial charge on any atom is 0.407 e. The first-order chi connectivity index (χ1) is 14.1. The zero-order valence-corrected chi connectivity index (χ0v) is 16.3. The minimum Gasteiger partial charge on any atom is -0.480 e. The van der Waals surface area contributed by atoms with Gasteiger partial charge in [-0.2, -0.15) is 0 Å². The van der Waals surface area contributed by atoms with Gasteiger partial charge in [0.05, 0.1) is 23.0 Å². The molecule has 0 fully saturated rings. The SMILES string of the molecule is O=C(CNC(=O)OCC1=Cc2ccccc2S1(=O)=O)NCC(=O)N[C@H](CO)C(=O)O. The van der Waals surface area contributed by atoms with E-state index in [2.05, 4.69) is 10.6 Å². The minimum absolute atomic E-state index is 0.100. The highest BCUT2D eigenvalue weighted by Gasteiger charge is 2.29. The lowest BCUT2D eigenvalue weighted by Gasteiger charge is -2.12. The summed E-state index contributed by atoms with van der Waals surface area (Å²) in [5, 5.41) is 23.7. The Kier molecular flexibility index (Phi) is 7.49. The van der Waals surface area contributed by atoms with Crippen molar-refractivity contribution in [3.8, 4) is 0 Å². The third-order valence-corrected chi connectivity index (χ3v) is 5.75. The summed E-state index contributed by atoms with van der Waals surface area (Å²) in [6, 6.07) is 4.79. The van der Waals surface area contributed by atoms with Gasteiger partial charge >= 0.3 is 12.1 Å². The molecule has 2 rings (SSSR count). The van der Waals surface area contributed by atoms with Gasteiger partial charge in [-0.15, -0.1) is 0 Å². The molecule has 0 aromatic heterocycles. The minimum atomic E-state index is -3.74. The van der Waals surface area contributed by atoms with E-state index >= 15 is 0 Å². The Morgan fingerprint density at radius 1 is 1.03 bits per heavy atom. The second-order valence-electron chi connectivity index (χ2n) is 6.00. The van der Waals surface area contributed by atoms with Crippen LogP contribution in [0.2, 0.25) is 0 Å². The first-order valence-electron chi connectivity index (χ1n) is 8.50. The number of carboxylic acid groups (broad SMARTS) is 1. The van der Waals surface area contributed by atoms with Crippen molar-refractivity contribution in [1.82, 2.24) is 16.0 Å². The number of alkyl carbamates (subject to hydrolysis) is 1. The van der Waals surface area contributed by atoms with Gasteiger partial charge in [-0.3, -0.25) is 9.59 Å². The van der Waals surface area contributed by atoms with Crippen LogP contribution in [0.5, 0.6) is 0 Å². The molecule has 1 aliphatic heterocycles. The average molecular weight is 441 g/mol. The van der Waals surface area contributed by atoms with Crippen LogP contribution < -0.4 is 16.0 Å². The van der Waals surface area contributed by atoms with E-state index in [4.69, 9.17) is 14.9 Å². The van der Waals surface area contributed by atoms with Crippen molar-refractivity contribution in [2.75, 3.05) is 26.3 Å². The highest BCUT2D eigenvalue weighted by atomic mass is 32.2. The standard InChI is InChI=1S/C17H19N3O9S/c21-8-12(16(24)25)20-15(23)7-18-14(22)6-19-17(26)29-9-11-5-10-3-1-2-4-13(10)30(11,27)28/h1-5,12,21H,6-9H2,(H,18,22)(H,19,26)(H,20,23)(H,24,25)/t12-/m1/s1. The number of aliphatic hydroxyl groups is 1. The molecule has 12 nitrogen and oxygen atoms in total. The van der Waals surface area contributed by atoms with Crippen LogP contribution in [0.1, 0.15) is 5.56 Å². The first kappa shape index (κ1) is 22.8. The molecular weight excluding hydrogens is 422 g/mol. The van der Waals surface area contributed by atoms with E-state index in [1.54, 1.807) is 18.2 Å². The maximum absolute atomic E-state index is 12.3. The number of carbonyl (C=O) groups is 4. The summed E-state index contributed by atoms with van der Waals surface area (Å²) in [5.74, 6) is -3.08. The van der Waals surface area contributed by atoms with E-state index in [0.717, 1.165) is 0 Å². The Labute approximate surface area is 170 Å². The van der Waals surface area contributed by atoms with Crippen molar-refractivity contribution >= 4 is 39.8 Å². The van der Waals surface area contributed by atoms with Crippen LogP contribution in [0.3, 0.4) is 0 Å². The highest BCUT2D eigenvalue weighted by Crippen LogP contribution is 2.32. The van der Waals surface area contributed by atoms with Crippen molar-refractivity contribution < 1.29 is 42.5 Å². The second kappa shape index (κ2) is 9.84. The molecule has 5 N–H and O–H groups in total. The number of ether oxygens (including phenoxy) is 1. The third-order valence-electron chi connectivity index (χ3n) is 3.87. The van der Waals surface area contributed by atoms with Crippen molar-refractivity contribution in [2.24, 2.45) is 0 Å². The smallest absolute Gasteiger partial charge is 0.407 e. The molecular formula is C17H19N3O9S. The van der Waals surface area contributed by atoms with Gasteiger partial charge in [0, 0.05) is 0 Å². The summed E-state index contributed by atoms with van der Waals surface area (Å²) >= 11 is 0. The molecule has 3 amide bonds. The molecule has 0 bridgehead atoms. The van der Waals surface area contributed by atoms with Crippen LogP contribution in [0, 0.1) is 0 Å². The Balaban J connectivity index is 1.72. The van der Waals surface area contributed by atoms with Gasteiger partial charge in [0.1, 0.15) is 19.2 Å². The number of benzene rings is 1. The Bertz CT molecular complexity index is 988. The van der Waals surface area contributed by atoms with Crippen molar-refractivity contribution in [1.29, 1.82) is 0 Å². The number of carboxylic acids is 1. The van der Waals surface area contributed by atoms with Gasteiger partial charge in [-0.05, 0) is 17.7 Å². The van der Waals surface area contributed by atoms with Crippen LogP contribution in [0.15, 0.2) is 34.1 Å². The number of aliphatic carboxylic acids is 1. The number of carbonyl (C=O) groups excluding carboxylic acids is 3. The lowest BCUT2D eigenvalue weighted by molar-refractivity contribution is -0.142. The Morgan fingerprint density at radius 3 is 2.33 bits per heavy atom. The Morgan fingerprint density at radius 2 is 1.70 bits per heavy atom. The fourth-order valence-electron chi connectivity index (χ4n) is 2.37. The molecule has 1 aromatic rings. The van der Waals surface area contributed by atoms with Crippen LogP contribution in [-0.4, -0.2) is 74.9 Å². The molecule has 1 aromatic carbocycles. The summed E-state index contributed by atoms with van der Waals surface area (Å²) in [5.41, 5.74) is 0.487. The lowest BCUT2D eigenvalue weighted by atomic mass is 10.2. The molecule has 30 heavy (non-hydrogen) atoms. The van der Waals surface area contributed by atoms with E-state index in [1.165, 1.54) is 12.1 Å². The Hall–Kier alpha value is -3.45. The van der Waals surface area contributed by atoms with Gasteiger partial charge in [-0.25, -0.2) is 18.0 Å². The van der Waals surface area contributed by atoms with E-state index in [0.29, 0.717) is 5.56 Å². The largest absolute Gasteiger partial charge is 0.480 e. The van der Waals surface area contributed by atoms with Crippen molar-refractivity contribution in [2.45, 2.75) is 10.9 Å². The maximum atomic E-state index is 12.3. The van der Waals surface area contributed by atoms with Crippen LogP contribution in [0.25, 0.3) is 6.08 Å². The normalized spacial score (nSPS) is 14.6. The number of fused-ring (bicyclic) bond motifs is 1. The lowest BCUT2D eigenvalue weighted by Crippen LogP contribution is -2.48. The topological polar surface area (TPSA) is 188 Å². The molecule has 0 spiro atoms. The number of sulfone groups is 1. The number of hydrogen-bond donors (Lipinski definition) is 5. The third kappa shape index (κ3) is 5.78. The number of nitrogens with one attached hydrogen (secondary N) is 3. The fourth-order valence-corrected chi connectivity index (χ4v) is 3.84. The molecule has 1 aliphatic rings. The molecule has 0 aliphatic carbocycles. The van der Waals surface area contributed by atoms with Crippen molar-refractivity contribution in [3.63, 3.8) is 0 Å². The number of aliphatic hydroxyl groups excluding tert-OH is 1. The summed E-state index contributed by atoms with van der Waals surface area (Å²) < 4.78 is 29.4. The van der Waals surface area contributed by atoms with Crippen LogP contribution in [-0.2, 0) is 29.0 Å². The van der Waals surface area contributed by atoms with E-state index in [1.807, 2.05) is 5.32 Å². The van der Waals surface area contributed by atoms with Crippen LogP contribution >= 0.6 is 0 Å². The van der Waals surface area contributed by atoms with Gasteiger partial charge in [0.25, 0.3) is 0 Å². The fraction of sp³-hybridized carbons (Fsp3) is 0.294. The number of hydrogen-bond acceptors (Lipinski definition) is 8. The zero-order chi connectivity index (χ0) is 22.3. The number of rotatable bonds is 9. The van der Waals surface area contributed by atoms with Gasteiger partial charge in [0.15, 0.2) is 0 Å². The average Bonchev–Trinajstić information content (AvgIpc) is 2.97. The molecule has 13 heteroatoms. The van der Waals surface area contributed by atoms with Gasteiger partial charge < -0.3 is 30.9 Å². The monoisotopic (exact) mass is 441 g/mol. The summed E-state index contributed by atoms with van der Waals surface area (Å²) in [4.78, 5) is 45.5. The van der Waals surface area contributed by atoms with E-state index in [-0.39, 0.29) is 9.80 Å². The first-order valence-corrected chi connectivity index (χ1v) is 9.98. The van der Waals surface area contributed by atoms with Crippen LogP contribution in [0.4, 0.5) is 4.79 Å². The number of amides is 3. The molecule has 0 radical (unpaired) electrons. The molecule has 0 saturated heterocycles. The van der Waals surface area contributed by atoms with Gasteiger partial charge in [0.2, 0.25) is 21.7 Å². The predicted molar refractivity (Wildman–Crippen MR) is 101 cm³/mol. The van der Waals surface area contributed by atoms with Crippen molar-refractivity contribution in [3.05, 3.63) is 34.7 Å². The predicted octanol–water partition coefficient (Wildman–Crippen LogP) is -1.78.